The molecule has 0 N–H and O–H groups in total. The van der Waals surface area contributed by atoms with Gasteiger partial charge >= 0.3 is 0 Å². The summed E-state index contributed by atoms with van der Waals surface area (Å²) in [6, 6.07) is 13.4. The molecule has 0 saturated carbocycles. The van der Waals surface area contributed by atoms with Crippen molar-refractivity contribution in [3.05, 3.63) is 104 Å². The van der Waals surface area contributed by atoms with Crippen LogP contribution >= 0.6 is 35.0 Å². The van der Waals surface area contributed by atoms with Crippen LogP contribution in [-0.4, -0.2) is 5.78 Å². The first kappa shape index (κ1) is 17.1. The predicted octanol–water partition coefficient (Wildman–Crippen LogP) is 4.79. The van der Waals surface area contributed by atoms with Crippen molar-refractivity contribution in [2.45, 2.75) is 5.25 Å². The maximum absolute atomic E-state index is 13.7. The van der Waals surface area contributed by atoms with Crippen LogP contribution in [-0.2, 0) is 4.79 Å². The van der Waals surface area contributed by atoms with Gasteiger partial charge < -0.3 is 0 Å². The molecule has 2 atom stereocenters. The van der Waals surface area contributed by atoms with Crippen LogP contribution in [0, 0.1) is 5.92 Å². The summed E-state index contributed by atoms with van der Waals surface area (Å²) >= 11 is 14.3. The molecular formula is C22H13Cl2NOS. The minimum absolute atomic E-state index is 0.0802. The lowest BCUT2D eigenvalue weighted by molar-refractivity contribution is -0.116. The monoisotopic (exact) mass is 409 g/mol. The van der Waals surface area contributed by atoms with E-state index in [1.807, 2.05) is 60.0 Å². The highest BCUT2D eigenvalue weighted by molar-refractivity contribution is 8.02. The summed E-state index contributed by atoms with van der Waals surface area (Å²) in [6.07, 6.45) is 5.95. The van der Waals surface area contributed by atoms with Gasteiger partial charge in [-0.15, -0.1) is 11.8 Å². The van der Waals surface area contributed by atoms with Crippen LogP contribution in [0.4, 0.5) is 0 Å². The SMILES string of the molecule is O=C1C2=c3ccccc3=NC2=CC=C2C=CSC(c3cccc(Cl)c3Cl)C12. The van der Waals surface area contributed by atoms with Crippen LogP contribution in [0.25, 0.3) is 5.57 Å². The number of carbonyl (C=O) groups is 1. The number of para-hydroxylation sites is 1. The zero-order valence-electron chi connectivity index (χ0n) is 14.0. The number of benzene rings is 2. The van der Waals surface area contributed by atoms with Gasteiger partial charge in [-0.3, -0.25) is 4.79 Å². The summed E-state index contributed by atoms with van der Waals surface area (Å²) in [5, 5.41) is 4.65. The average Bonchev–Trinajstić information content (AvgIpc) is 2.99. The third kappa shape index (κ3) is 2.65. The van der Waals surface area contributed by atoms with E-state index in [9.17, 15) is 4.79 Å². The number of carbonyl (C=O) groups excluding carboxylic acids is 1. The standard InChI is InChI=1S/C22H13Cl2NOS/c23-15-6-3-5-14(20(15)24)22-18-12(10-11-27-22)8-9-17-19(21(18)26)13-4-1-2-7-16(13)25-17/h1-11,18,22H. The highest BCUT2D eigenvalue weighted by atomic mass is 35.5. The number of fused-ring (bicyclic) bond motifs is 3. The molecule has 0 saturated heterocycles. The first-order valence-electron chi connectivity index (χ1n) is 8.55. The van der Waals surface area contributed by atoms with Crippen molar-refractivity contribution < 1.29 is 4.79 Å². The number of ketones is 1. The molecule has 27 heavy (non-hydrogen) atoms. The molecule has 0 spiro atoms. The minimum atomic E-state index is -0.332. The second-order valence-electron chi connectivity index (χ2n) is 6.57. The molecule has 2 heterocycles. The maximum Gasteiger partial charge on any atom is 0.174 e. The van der Waals surface area contributed by atoms with Gasteiger partial charge in [0.15, 0.2) is 5.78 Å². The molecule has 0 bridgehead atoms. The van der Waals surface area contributed by atoms with Crippen LogP contribution in [0.3, 0.4) is 0 Å². The Bertz CT molecular complexity index is 1210. The molecule has 0 aromatic heterocycles. The van der Waals surface area contributed by atoms with E-state index in [1.165, 1.54) is 0 Å². The van der Waals surface area contributed by atoms with E-state index < -0.39 is 0 Å². The molecule has 5 heteroatoms. The van der Waals surface area contributed by atoms with Crippen LogP contribution in [0.15, 0.2) is 82.4 Å². The second kappa shape index (κ2) is 6.52. The summed E-state index contributed by atoms with van der Waals surface area (Å²) in [6.45, 7) is 0. The molecule has 0 fully saturated rings. The fourth-order valence-corrected chi connectivity index (χ4v) is 5.49. The van der Waals surface area contributed by atoms with Crippen molar-refractivity contribution in [3.63, 3.8) is 0 Å². The number of rotatable bonds is 1. The summed E-state index contributed by atoms with van der Waals surface area (Å²) in [7, 11) is 0. The van der Waals surface area contributed by atoms with Crippen molar-refractivity contribution in [1.82, 2.24) is 0 Å². The normalized spacial score (nSPS) is 22.9. The van der Waals surface area contributed by atoms with E-state index in [4.69, 9.17) is 23.2 Å². The Balaban J connectivity index is 1.72. The predicted molar refractivity (Wildman–Crippen MR) is 111 cm³/mol. The lowest BCUT2D eigenvalue weighted by Gasteiger charge is -2.29. The van der Waals surface area contributed by atoms with Gasteiger partial charge in [0.1, 0.15) is 0 Å². The minimum Gasteiger partial charge on any atom is -0.293 e. The highest BCUT2D eigenvalue weighted by Crippen LogP contribution is 2.49. The van der Waals surface area contributed by atoms with Crippen molar-refractivity contribution in [2.75, 3.05) is 0 Å². The molecule has 132 valence electrons. The third-order valence-corrected chi connectivity index (χ3v) is 7.01. The number of nitrogens with zero attached hydrogens (tertiary/aromatic N) is 1. The lowest BCUT2D eigenvalue weighted by Crippen LogP contribution is -2.30. The zero-order chi connectivity index (χ0) is 18.5. The van der Waals surface area contributed by atoms with Crippen LogP contribution in [0.1, 0.15) is 10.8 Å². The number of thioether (sulfide) groups is 1. The Kier molecular flexibility index (Phi) is 4.12. The van der Waals surface area contributed by atoms with E-state index in [0.29, 0.717) is 15.6 Å². The van der Waals surface area contributed by atoms with Crippen LogP contribution in [0.5, 0.6) is 0 Å². The van der Waals surface area contributed by atoms with Gasteiger partial charge in [-0.25, -0.2) is 4.99 Å². The molecule has 3 aliphatic rings. The van der Waals surface area contributed by atoms with E-state index in [0.717, 1.165) is 27.4 Å². The molecule has 2 nitrogen and oxygen atoms in total. The van der Waals surface area contributed by atoms with Crippen LogP contribution in [0.2, 0.25) is 10.0 Å². The smallest absolute Gasteiger partial charge is 0.174 e. The van der Waals surface area contributed by atoms with Crippen molar-refractivity contribution in [3.8, 4) is 0 Å². The Labute approximate surface area is 170 Å². The average molecular weight is 410 g/mol. The van der Waals surface area contributed by atoms with Gasteiger partial charge in [-0.2, -0.15) is 0 Å². The Morgan fingerprint density at radius 1 is 1.00 bits per heavy atom. The van der Waals surface area contributed by atoms with Gasteiger partial charge in [0.2, 0.25) is 0 Å². The van der Waals surface area contributed by atoms with Crippen molar-refractivity contribution >= 4 is 46.3 Å². The van der Waals surface area contributed by atoms with Crippen molar-refractivity contribution in [1.29, 1.82) is 0 Å². The molecule has 2 unspecified atom stereocenters. The maximum atomic E-state index is 13.7. The molecule has 5 rings (SSSR count). The van der Waals surface area contributed by atoms with Crippen LogP contribution < -0.4 is 10.6 Å². The Morgan fingerprint density at radius 2 is 1.85 bits per heavy atom. The molecule has 2 aromatic carbocycles. The highest BCUT2D eigenvalue weighted by Gasteiger charge is 2.39. The first-order chi connectivity index (χ1) is 13.1. The number of Topliss-reactive ketones (excluding diaryl/α,β-unsaturated/α-hetero) is 1. The lowest BCUT2D eigenvalue weighted by atomic mass is 9.84. The molecule has 0 radical (unpaired) electrons. The molecule has 2 aromatic rings. The van der Waals surface area contributed by atoms with E-state index >= 15 is 0 Å². The van der Waals surface area contributed by atoms with Gasteiger partial charge in [-0.1, -0.05) is 65.7 Å². The summed E-state index contributed by atoms with van der Waals surface area (Å²) < 4.78 is 0. The molecule has 1 aliphatic carbocycles. The Hall–Kier alpha value is -2.07. The van der Waals surface area contributed by atoms with Gasteiger partial charge in [0.05, 0.1) is 32.6 Å². The largest absolute Gasteiger partial charge is 0.293 e. The number of hydrogen-bond donors (Lipinski definition) is 0. The van der Waals surface area contributed by atoms with Gasteiger partial charge in [-0.05, 0) is 34.8 Å². The second-order valence-corrected chi connectivity index (χ2v) is 8.40. The topological polar surface area (TPSA) is 29.4 Å². The number of allylic oxidation sites excluding steroid dienone is 5. The summed E-state index contributed by atoms with van der Waals surface area (Å²) in [4.78, 5) is 18.4. The van der Waals surface area contributed by atoms with Gasteiger partial charge in [0.25, 0.3) is 0 Å². The first-order valence-corrected chi connectivity index (χ1v) is 10.3. The summed E-state index contributed by atoms with van der Waals surface area (Å²) in [5.41, 5.74) is 3.29. The van der Waals surface area contributed by atoms with Crippen molar-refractivity contribution in [2.24, 2.45) is 10.9 Å². The fourth-order valence-electron chi connectivity index (χ4n) is 3.82. The fraction of sp³-hybridized carbons (Fsp3) is 0.0909. The number of hydrogen-bond acceptors (Lipinski definition) is 3. The molecular weight excluding hydrogens is 397 g/mol. The zero-order valence-corrected chi connectivity index (χ0v) is 16.4. The van der Waals surface area contributed by atoms with Gasteiger partial charge in [0, 0.05) is 10.5 Å². The third-order valence-electron chi connectivity index (χ3n) is 5.07. The summed E-state index contributed by atoms with van der Waals surface area (Å²) in [5.74, 6) is -0.252. The number of halogens is 2. The Morgan fingerprint density at radius 3 is 2.74 bits per heavy atom. The van der Waals surface area contributed by atoms with E-state index in [1.54, 1.807) is 17.8 Å². The van der Waals surface area contributed by atoms with E-state index in [-0.39, 0.29) is 17.0 Å². The van der Waals surface area contributed by atoms with E-state index in [2.05, 4.69) is 4.99 Å². The molecule has 2 aliphatic heterocycles. The molecule has 0 amide bonds. The quantitative estimate of drug-likeness (QED) is 0.677.